The summed E-state index contributed by atoms with van der Waals surface area (Å²) < 4.78 is 46.5. The van der Waals surface area contributed by atoms with Gasteiger partial charge in [-0.25, -0.2) is 4.79 Å². The molecular weight excluding hydrogens is 337 g/mol. The second-order valence-corrected chi connectivity index (χ2v) is 5.87. The summed E-state index contributed by atoms with van der Waals surface area (Å²) in [6.45, 7) is 2.81. The van der Waals surface area contributed by atoms with Gasteiger partial charge in [0.25, 0.3) is 0 Å². The molecule has 0 radical (unpaired) electrons. The van der Waals surface area contributed by atoms with E-state index < -0.39 is 12.8 Å². The van der Waals surface area contributed by atoms with E-state index in [-0.39, 0.29) is 17.9 Å². The van der Waals surface area contributed by atoms with Crippen LogP contribution in [-0.4, -0.2) is 49.5 Å². The Balaban J connectivity index is 1.77. The van der Waals surface area contributed by atoms with Crippen LogP contribution in [0.25, 0.3) is 0 Å². The lowest BCUT2D eigenvalue weighted by Gasteiger charge is -2.32. The topological polar surface area (TPSA) is 50.8 Å². The molecule has 1 atom stereocenters. The van der Waals surface area contributed by atoms with Gasteiger partial charge in [-0.15, -0.1) is 0 Å². The Kier molecular flexibility index (Phi) is 6.92. The molecule has 2 amide bonds. The Morgan fingerprint density at radius 1 is 1.32 bits per heavy atom. The minimum Gasteiger partial charge on any atom is -0.484 e. The van der Waals surface area contributed by atoms with Crippen LogP contribution in [0.4, 0.5) is 18.0 Å². The molecule has 0 bridgehead atoms. The monoisotopic (exact) mass is 360 g/mol. The number of likely N-dealkylation sites (tertiary alicyclic amines) is 1. The second-order valence-electron chi connectivity index (χ2n) is 5.87. The minimum absolute atomic E-state index is 0.0783. The molecule has 0 aromatic heterocycles. The minimum atomic E-state index is -4.36. The fourth-order valence-corrected chi connectivity index (χ4v) is 2.65. The van der Waals surface area contributed by atoms with E-state index in [2.05, 4.69) is 10.1 Å². The predicted molar refractivity (Wildman–Crippen MR) is 86.4 cm³/mol. The average molecular weight is 360 g/mol. The largest absolute Gasteiger partial charge is 0.484 e. The number of rotatable bonds is 6. The predicted octanol–water partition coefficient (Wildman–Crippen LogP) is 3.34. The van der Waals surface area contributed by atoms with Crippen LogP contribution in [0.1, 0.15) is 25.3 Å². The molecule has 1 saturated heterocycles. The lowest BCUT2D eigenvalue weighted by Crippen LogP contribution is -2.47. The van der Waals surface area contributed by atoms with Gasteiger partial charge < -0.3 is 19.7 Å². The zero-order valence-corrected chi connectivity index (χ0v) is 14.1. The van der Waals surface area contributed by atoms with Crippen LogP contribution in [0.15, 0.2) is 24.3 Å². The maximum absolute atomic E-state index is 12.2. The highest BCUT2D eigenvalue weighted by atomic mass is 19.4. The van der Waals surface area contributed by atoms with Gasteiger partial charge in [-0.2, -0.15) is 13.2 Å². The molecule has 0 spiro atoms. The van der Waals surface area contributed by atoms with Crippen LogP contribution in [0.2, 0.25) is 0 Å². The Morgan fingerprint density at radius 3 is 2.68 bits per heavy atom. The highest BCUT2D eigenvalue weighted by Gasteiger charge is 2.28. The van der Waals surface area contributed by atoms with E-state index in [0.29, 0.717) is 26.2 Å². The highest BCUT2D eigenvalue weighted by Crippen LogP contribution is 2.19. The number of ether oxygens (including phenoxy) is 2. The average Bonchev–Trinajstić information content (AvgIpc) is 2.58. The van der Waals surface area contributed by atoms with Crippen molar-refractivity contribution in [2.75, 3.05) is 26.3 Å². The maximum Gasteiger partial charge on any atom is 0.422 e. The summed E-state index contributed by atoms with van der Waals surface area (Å²) in [7, 11) is 0. The number of halogens is 3. The van der Waals surface area contributed by atoms with Crippen molar-refractivity contribution in [1.82, 2.24) is 10.2 Å². The molecule has 1 aliphatic rings. The molecule has 1 aromatic rings. The third-order valence-corrected chi connectivity index (χ3v) is 3.84. The van der Waals surface area contributed by atoms with Gasteiger partial charge in [0.1, 0.15) is 5.75 Å². The van der Waals surface area contributed by atoms with Crippen LogP contribution in [0, 0.1) is 0 Å². The summed E-state index contributed by atoms with van der Waals surface area (Å²) >= 11 is 0. The quantitative estimate of drug-likeness (QED) is 0.847. The van der Waals surface area contributed by atoms with E-state index in [9.17, 15) is 18.0 Å². The van der Waals surface area contributed by atoms with Gasteiger partial charge in [0, 0.05) is 26.2 Å². The Bertz CT molecular complexity index is 547. The zero-order chi connectivity index (χ0) is 18.3. The molecule has 1 N–H and O–H groups in total. The lowest BCUT2D eigenvalue weighted by molar-refractivity contribution is -0.153. The summed E-state index contributed by atoms with van der Waals surface area (Å²) in [6.07, 6.45) is -2.42. The van der Waals surface area contributed by atoms with Crippen molar-refractivity contribution in [2.45, 2.75) is 38.6 Å². The normalized spacial score (nSPS) is 18.1. The number of alkyl halides is 3. The van der Waals surface area contributed by atoms with E-state index in [1.54, 1.807) is 17.0 Å². The Hall–Kier alpha value is -1.96. The first-order chi connectivity index (χ1) is 11.9. The first kappa shape index (κ1) is 19.4. The third-order valence-electron chi connectivity index (χ3n) is 3.84. The molecule has 1 heterocycles. The fourth-order valence-electron chi connectivity index (χ4n) is 2.65. The third kappa shape index (κ3) is 6.81. The lowest BCUT2D eigenvalue weighted by atomic mass is 10.1. The summed E-state index contributed by atoms with van der Waals surface area (Å²) in [5.74, 6) is 0.142. The van der Waals surface area contributed by atoms with Crippen molar-refractivity contribution >= 4 is 6.03 Å². The number of benzene rings is 1. The van der Waals surface area contributed by atoms with Crippen LogP contribution in [0.5, 0.6) is 5.75 Å². The first-order valence-corrected chi connectivity index (χ1v) is 8.30. The SMILES string of the molecule is CCOC1CCCN(C(=O)NCc2ccc(OCC(F)(F)F)cc2)C1. The van der Waals surface area contributed by atoms with Gasteiger partial charge in [-0.05, 0) is 37.5 Å². The van der Waals surface area contributed by atoms with Gasteiger partial charge in [-0.3, -0.25) is 0 Å². The molecule has 1 aromatic carbocycles. The van der Waals surface area contributed by atoms with Gasteiger partial charge in [0.15, 0.2) is 6.61 Å². The fraction of sp³-hybridized carbons (Fsp3) is 0.588. The van der Waals surface area contributed by atoms with Crippen molar-refractivity contribution in [3.8, 4) is 5.75 Å². The van der Waals surface area contributed by atoms with Crippen molar-refractivity contribution in [2.24, 2.45) is 0 Å². The number of amides is 2. The first-order valence-electron chi connectivity index (χ1n) is 8.30. The highest BCUT2D eigenvalue weighted by molar-refractivity contribution is 5.74. The number of hydrogen-bond donors (Lipinski definition) is 1. The van der Waals surface area contributed by atoms with Gasteiger partial charge >= 0.3 is 12.2 Å². The number of piperidine rings is 1. The summed E-state index contributed by atoms with van der Waals surface area (Å²) in [5.41, 5.74) is 0.783. The van der Waals surface area contributed by atoms with E-state index in [1.165, 1.54) is 12.1 Å². The number of carbonyl (C=O) groups excluding carboxylic acids is 1. The standard InChI is InChI=1S/C17H23F3N2O3/c1-2-24-15-4-3-9-22(11-15)16(23)21-10-13-5-7-14(8-6-13)25-12-17(18,19)20/h5-8,15H,2-4,9-12H2,1H3,(H,21,23). The summed E-state index contributed by atoms with van der Waals surface area (Å²) in [4.78, 5) is 13.9. The molecular formula is C17H23F3N2O3. The van der Waals surface area contributed by atoms with Gasteiger partial charge in [0.05, 0.1) is 6.10 Å². The molecule has 140 valence electrons. The molecule has 5 nitrogen and oxygen atoms in total. The van der Waals surface area contributed by atoms with Crippen molar-refractivity contribution < 1.29 is 27.4 Å². The molecule has 25 heavy (non-hydrogen) atoms. The number of nitrogens with one attached hydrogen (secondary N) is 1. The second kappa shape index (κ2) is 8.94. The van der Waals surface area contributed by atoms with Gasteiger partial charge in [-0.1, -0.05) is 12.1 Å². The molecule has 8 heteroatoms. The van der Waals surface area contributed by atoms with Crippen LogP contribution in [0.3, 0.4) is 0 Å². The van der Waals surface area contributed by atoms with Crippen molar-refractivity contribution in [3.63, 3.8) is 0 Å². The molecule has 0 aliphatic carbocycles. The zero-order valence-electron chi connectivity index (χ0n) is 14.1. The maximum atomic E-state index is 12.2. The molecule has 1 aliphatic heterocycles. The Morgan fingerprint density at radius 2 is 2.04 bits per heavy atom. The van der Waals surface area contributed by atoms with E-state index >= 15 is 0 Å². The van der Waals surface area contributed by atoms with E-state index in [0.717, 1.165) is 18.4 Å². The number of hydrogen-bond acceptors (Lipinski definition) is 3. The summed E-state index contributed by atoms with van der Waals surface area (Å²) in [6, 6.07) is 6.01. The van der Waals surface area contributed by atoms with Crippen molar-refractivity contribution in [3.05, 3.63) is 29.8 Å². The number of urea groups is 1. The molecule has 1 unspecified atom stereocenters. The summed E-state index contributed by atoms with van der Waals surface area (Å²) in [5, 5.41) is 2.82. The van der Waals surface area contributed by atoms with E-state index in [1.807, 2.05) is 6.92 Å². The van der Waals surface area contributed by atoms with E-state index in [4.69, 9.17) is 4.74 Å². The van der Waals surface area contributed by atoms with Crippen LogP contribution >= 0.6 is 0 Å². The smallest absolute Gasteiger partial charge is 0.422 e. The molecule has 1 fully saturated rings. The van der Waals surface area contributed by atoms with Crippen molar-refractivity contribution in [1.29, 1.82) is 0 Å². The molecule has 2 rings (SSSR count). The number of nitrogens with zero attached hydrogens (tertiary/aromatic N) is 1. The molecule has 0 saturated carbocycles. The Labute approximate surface area is 145 Å². The van der Waals surface area contributed by atoms with Crippen LogP contribution in [-0.2, 0) is 11.3 Å². The van der Waals surface area contributed by atoms with Crippen LogP contribution < -0.4 is 10.1 Å². The van der Waals surface area contributed by atoms with Gasteiger partial charge in [0.2, 0.25) is 0 Å². The number of carbonyl (C=O) groups is 1.